The van der Waals surface area contributed by atoms with Crippen molar-refractivity contribution in [3.63, 3.8) is 0 Å². The molecule has 3 rings (SSSR count). The van der Waals surface area contributed by atoms with E-state index in [4.69, 9.17) is 0 Å². The number of hydrogen-bond donors (Lipinski definition) is 1. The molecule has 0 unspecified atom stereocenters. The zero-order chi connectivity index (χ0) is 16.4. The average Bonchev–Trinajstić information content (AvgIpc) is 3.01. The van der Waals surface area contributed by atoms with Gasteiger partial charge in [0.25, 0.3) is 5.91 Å². The van der Waals surface area contributed by atoms with Crippen molar-refractivity contribution in [3.8, 4) is 11.3 Å². The SMILES string of the molecule is Cc1nc(-c2cccc(C(=O)N3CCCC[C@@H]3C(=O)O)c2)cs1. The minimum Gasteiger partial charge on any atom is -0.480 e. The molecule has 1 aliphatic rings. The molecule has 1 amide bonds. The number of amides is 1. The van der Waals surface area contributed by atoms with E-state index in [2.05, 4.69) is 4.98 Å². The molecular formula is C17H18N2O3S. The van der Waals surface area contributed by atoms with Gasteiger partial charge in [-0.3, -0.25) is 4.79 Å². The third kappa shape index (κ3) is 3.27. The summed E-state index contributed by atoms with van der Waals surface area (Å²) in [7, 11) is 0. The maximum absolute atomic E-state index is 12.7. The molecule has 2 heterocycles. The predicted molar refractivity (Wildman–Crippen MR) is 88.6 cm³/mol. The molecule has 1 aromatic heterocycles. The first-order valence-corrected chi connectivity index (χ1v) is 8.50. The molecule has 1 fully saturated rings. The number of rotatable bonds is 3. The monoisotopic (exact) mass is 330 g/mol. The van der Waals surface area contributed by atoms with Crippen LogP contribution in [0.5, 0.6) is 0 Å². The fourth-order valence-corrected chi connectivity index (χ4v) is 3.53. The van der Waals surface area contributed by atoms with Crippen LogP contribution in [0.2, 0.25) is 0 Å². The van der Waals surface area contributed by atoms with E-state index in [1.165, 1.54) is 4.90 Å². The topological polar surface area (TPSA) is 70.5 Å². The molecule has 0 bridgehead atoms. The van der Waals surface area contributed by atoms with Gasteiger partial charge in [-0.05, 0) is 38.3 Å². The van der Waals surface area contributed by atoms with Crippen LogP contribution in [0.1, 0.15) is 34.6 Å². The molecule has 1 atom stereocenters. The summed E-state index contributed by atoms with van der Waals surface area (Å²) in [5.74, 6) is -1.14. The van der Waals surface area contributed by atoms with Crippen LogP contribution in [0.15, 0.2) is 29.6 Å². The summed E-state index contributed by atoms with van der Waals surface area (Å²) in [6.45, 7) is 2.43. The number of benzene rings is 1. The highest BCUT2D eigenvalue weighted by molar-refractivity contribution is 7.09. The van der Waals surface area contributed by atoms with E-state index >= 15 is 0 Å². The molecule has 0 spiro atoms. The molecular weight excluding hydrogens is 312 g/mol. The molecule has 6 heteroatoms. The van der Waals surface area contributed by atoms with Crippen molar-refractivity contribution in [2.45, 2.75) is 32.2 Å². The normalized spacial score (nSPS) is 18.0. The van der Waals surface area contributed by atoms with Crippen LogP contribution in [0.3, 0.4) is 0 Å². The van der Waals surface area contributed by atoms with Gasteiger partial charge in [0, 0.05) is 23.1 Å². The molecule has 23 heavy (non-hydrogen) atoms. The number of carbonyl (C=O) groups is 2. The summed E-state index contributed by atoms with van der Waals surface area (Å²) in [4.78, 5) is 30.1. The summed E-state index contributed by atoms with van der Waals surface area (Å²) in [5.41, 5.74) is 2.24. The lowest BCUT2D eigenvalue weighted by Crippen LogP contribution is -2.47. The summed E-state index contributed by atoms with van der Waals surface area (Å²) in [5, 5.41) is 12.3. The Morgan fingerprint density at radius 2 is 2.17 bits per heavy atom. The number of aliphatic carboxylic acids is 1. The minimum absolute atomic E-state index is 0.217. The first-order chi connectivity index (χ1) is 11.1. The fourth-order valence-electron chi connectivity index (χ4n) is 2.90. The van der Waals surface area contributed by atoms with Gasteiger partial charge in [0.15, 0.2) is 0 Å². The van der Waals surface area contributed by atoms with Crippen molar-refractivity contribution in [1.29, 1.82) is 0 Å². The quantitative estimate of drug-likeness (QED) is 0.938. The molecule has 0 radical (unpaired) electrons. The lowest BCUT2D eigenvalue weighted by molar-refractivity contribution is -0.143. The van der Waals surface area contributed by atoms with Crippen LogP contribution in [-0.2, 0) is 4.79 Å². The van der Waals surface area contributed by atoms with Crippen molar-refractivity contribution in [2.24, 2.45) is 0 Å². The number of piperidine rings is 1. The number of carboxylic acid groups (broad SMARTS) is 1. The average molecular weight is 330 g/mol. The standard InChI is InChI=1S/C17H18N2O3S/c1-11-18-14(10-23-11)12-5-4-6-13(9-12)16(20)19-8-3-2-7-15(19)17(21)22/h4-6,9-10,15H,2-3,7-8H2,1H3,(H,21,22)/t15-/m1/s1. The van der Waals surface area contributed by atoms with E-state index in [1.807, 2.05) is 24.4 Å². The van der Waals surface area contributed by atoms with Gasteiger partial charge in [0.05, 0.1) is 10.7 Å². The molecule has 0 aliphatic carbocycles. The van der Waals surface area contributed by atoms with E-state index in [9.17, 15) is 14.7 Å². The lowest BCUT2D eigenvalue weighted by atomic mass is 10.00. The Balaban J connectivity index is 1.88. The van der Waals surface area contributed by atoms with E-state index < -0.39 is 12.0 Å². The first kappa shape index (κ1) is 15.7. The predicted octanol–water partition coefficient (Wildman–Crippen LogP) is 3.20. The maximum atomic E-state index is 12.7. The Bertz CT molecular complexity index is 741. The summed E-state index contributed by atoms with van der Waals surface area (Å²) >= 11 is 1.56. The Morgan fingerprint density at radius 1 is 1.35 bits per heavy atom. The fraction of sp³-hybridized carbons (Fsp3) is 0.353. The highest BCUT2D eigenvalue weighted by Crippen LogP contribution is 2.25. The van der Waals surface area contributed by atoms with E-state index in [0.29, 0.717) is 18.5 Å². The largest absolute Gasteiger partial charge is 0.480 e. The van der Waals surface area contributed by atoms with Gasteiger partial charge in [-0.25, -0.2) is 9.78 Å². The number of carbonyl (C=O) groups excluding carboxylic acids is 1. The van der Waals surface area contributed by atoms with Gasteiger partial charge in [0.1, 0.15) is 6.04 Å². The number of thiazole rings is 1. The number of aryl methyl sites for hydroxylation is 1. The maximum Gasteiger partial charge on any atom is 0.326 e. The van der Waals surface area contributed by atoms with Crippen LogP contribution < -0.4 is 0 Å². The molecule has 2 aromatic rings. The summed E-state index contributed by atoms with van der Waals surface area (Å²) in [6, 6.07) is 6.54. The Kier molecular flexibility index (Phi) is 4.43. The van der Waals surface area contributed by atoms with E-state index in [-0.39, 0.29) is 5.91 Å². The van der Waals surface area contributed by atoms with Crippen LogP contribution in [0, 0.1) is 6.92 Å². The molecule has 1 N–H and O–H groups in total. The molecule has 1 saturated heterocycles. The first-order valence-electron chi connectivity index (χ1n) is 7.62. The van der Waals surface area contributed by atoms with Crippen molar-refractivity contribution in [1.82, 2.24) is 9.88 Å². The second-order valence-corrected chi connectivity index (χ2v) is 6.74. The second kappa shape index (κ2) is 6.50. The van der Waals surface area contributed by atoms with Crippen molar-refractivity contribution in [3.05, 3.63) is 40.2 Å². The van der Waals surface area contributed by atoms with Gasteiger partial charge in [-0.2, -0.15) is 0 Å². The smallest absolute Gasteiger partial charge is 0.326 e. The van der Waals surface area contributed by atoms with E-state index in [1.54, 1.807) is 23.5 Å². The molecule has 5 nitrogen and oxygen atoms in total. The number of aromatic nitrogens is 1. The lowest BCUT2D eigenvalue weighted by Gasteiger charge is -2.33. The zero-order valence-electron chi connectivity index (χ0n) is 12.9. The Labute approximate surface area is 138 Å². The van der Waals surface area contributed by atoms with Crippen molar-refractivity contribution in [2.75, 3.05) is 6.54 Å². The van der Waals surface area contributed by atoms with Gasteiger partial charge >= 0.3 is 5.97 Å². The third-order valence-corrected chi connectivity index (χ3v) is 4.85. The van der Waals surface area contributed by atoms with Gasteiger partial charge in [-0.1, -0.05) is 12.1 Å². The molecule has 1 aliphatic heterocycles. The number of likely N-dealkylation sites (tertiary alicyclic amines) is 1. The summed E-state index contributed by atoms with van der Waals surface area (Å²) < 4.78 is 0. The Hall–Kier alpha value is -2.21. The van der Waals surface area contributed by atoms with Gasteiger partial charge in [0.2, 0.25) is 0 Å². The molecule has 1 aromatic carbocycles. The number of hydrogen-bond acceptors (Lipinski definition) is 4. The number of carboxylic acids is 1. The molecule has 0 saturated carbocycles. The minimum atomic E-state index is -0.927. The third-order valence-electron chi connectivity index (χ3n) is 4.07. The van der Waals surface area contributed by atoms with E-state index in [0.717, 1.165) is 29.1 Å². The Morgan fingerprint density at radius 3 is 2.87 bits per heavy atom. The van der Waals surface area contributed by atoms with Crippen LogP contribution in [-0.4, -0.2) is 39.5 Å². The van der Waals surface area contributed by atoms with Crippen molar-refractivity contribution >= 4 is 23.2 Å². The van der Waals surface area contributed by atoms with Gasteiger partial charge < -0.3 is 10.0 Å². The second-order valence-electron chi connectivity index (χ2n) is 5.68. The van der Waals surface area contributed by atoms with Crippen molar-refractivity contribution < 1.29 is 14.7 Å². The highest BCUT2D eigenvalue weighted by Gasteiger charge is 2.32. The highest BCUT2D eigenvalue weighted by atomic mass is 32.1. The molecule has 120 valence electrons. The summed E-state index contributed by atoms with van der Waals surface area (Å²) in [6.07, 6.45) is 2.21. The van der Waals surface area contributed by atoms with Crippen LogP contribution >= 0.6 is 11.3 Å². The van der Waals surface area contributed by atoms with Gasteiger partial charge in [-0.15, -0.1) is 11.3 Å². The zero-order valence-corrected chi connectivity index (χ0v) is 13.7. The van der Waals surface area contributed by atoms with Crippen LogP contribution in [0.4, 0.5) is 0 Å². The number of nitrogens with zero attached hydrogens (tertiary/aromatic N) is 2. The van der Waals surface area contributed by atoms with Crippen LogP contribution in [0.25, 0.3) is 11.3 Å².